The average molecular weight is 233 g/mol. The summed E-state index contributed by atoms with van der Waals surface area (Å²) < 4.78 is 26.0. The molecule has 1 aliphatic heterocycles. The first-order valence-electron chi connectivity index (χ1n) is 6.45. The van der Waals surface area contributed by atoms with Crippen molar-refractivity contribution in [3.05, 3.63) is 0 Å². The van der Waals surface area contributed by atoms with Crippen molar-refractivity contribution in [1.29, 1.82) is 0 Å². The maximum atomic E-state index is 13.0. The van der Waals surface area contributed by atoms with Crippen LogP contribution in [0.1, 0.15) is 40.5 Å². The minimum Gasteiger partial charge on any atom is -0.301 e. The normalized spacial score (nSPS) is 22.3. The van der Waals surface area contributed by atoms with E-state index in [1.807, 2.05) is 13.8 Å². The highest BCUT2D eigenvalue weighted by Crippen LogP contribution is 2.34. The highest BCUT2D eigenvalue weighted by atomic mass is 19.3. The van der Waals surface area contributed by atoms with Gasteiger partial charge in [0.1, 0.15) is 0 Å². The van der Waals surface area contributed by atoms with E-state index >= 15 is 0 Å². The van der Waals surface area contributed by atoms with Crippen LogP contribution in [0, 0.1) is 17.8 Å². The van der Waals surface area contributed by atoms with Crippen molar-refractivity contribution in [1.82, 2.24) is 4.90 Å². The second kappa shape index (κ2) is 5.95. The molecule has 1 unspecified atom stereocenters. The van der Waals surface area contributed by atoms with Crippen molar-refractivity contribution >= 4 is 0 Å². The van der Waals surface area contributed by atoms with E-state index in [2.05, 4.69) is 18.7 Å². The molecule has 16 heavy (non-hydrogen) atoms. The van der Waals surface area contributed by atoms with Crippen LogP contribution in [0.5, 0.6) is 0 Å². The fraction of sp³-hybridized carbons (Fsp3) is 1.00. The zero-order valence-corrected chi connectivity index (χ0v) is 10.9. The molecule has 0 bridgehead atoms. The van der Waals surface area contributed by atoms with Crippen molar-refractivity contribution < 1.29 is 8.78 Å². The van der Waals surface area contributed by atoms with E-state index < -0.39 is 12.3 Å². The van der Waals surface area contributed by atoms with Crippen molar-refractivity contribution in [3.63, 3.8) is 0 Å². The average Bonchev–Trinajstić information content (AvgIpc) is 2.17. The van der Waals surface area contributed by atoms with Crippen LogP contribution < -0.4 is 0 Å². The van der Waals surface area contributed by atoms with E-state index in [9.17, 15) is 8.78 Å². The molecule has 0 amide bonds. The van der Waals surface area contributed by atoms with E-state index in [4.69, 9.17) is 0 Å². The SMILES string of the molecule is CC(C)C(C(F)F)C1CCN(C(C)C)CC1. The maximum absolute atomic E-state index is 13.0. The lowest BCUT2D eigenvalue weighted by atomic mass is 9.78. The molecule has 0 aliphatic carbocycles. The van der Waals surface area contributed by atoms with Gasteiger partial charge in [-0.1, -0.05) is 13.8 Å². The zero-order chi connectivity index (χ0) is 12.3. The summed E-state index contributed by atoms with van der Waals surface area (Å²) in [7, 11) is 0. The summed E-state index contributed by atoms with van der Waals surface area (Å²) in [5.74, 6) is -0.0973. The molecule has 1 rings (SSSR count). The lowest BCUT2D eigenvalue weighted by molar-refractivity contribution is -0.00758. The summed E-state index contributed by atoms with van der Waals surface area (Å²) in [6.45, 7) is 10.2. The fourth-order valence-corrected chi connectivity index (χ4v) is 2.86. The van der Waals surface area contributed by atoms with E-state index in [1.54, 1.807) is 0 Å². The number of hydrogen-bond acceptors (Lipinski definition) is 1. The molecule has 0 aromatic rings. The van der Waals surface area contributed by atoms with Crippen molar-refractivity contribution in [2.45, 2.75) is 53.0 Å². The Hall–Kier alpha value is -0.180. The molecule has 0 saturated carbocycles. The monoisotopic (exact) mass is 233 g/mol. The van der Waals surface area contributed by atoms with Gasteiger partial charge in [0, 0.05) is 12.0 Å². The summed E-state index contributed by atoms with van der Waals surface area (Å²) in [5, 5.41) is 0. The second-order valence-electron chi connectivity index (χ2n) is 5.62. The molecule has 0 aromatic heterocycles. The standard InChI is InChI=1S/C13H25F2N/c1-9(2)12(13(14)15)11-5-7-16(8-6-11)10(3)4/h9-13H,5-8H2,1-4H3. The summed E-state index contributed by atoms with van der Waals surface area (Å²) in [5.41, 5.74) is 0. The van der Waals surface area contributed by atoms with E-state index in [0.29, 0.717) is 6.04 Å². The third kappa shape index (κ3) is 3.41. The van der Waals surface area contributed by atoms with Gasteiger partial charge < -0.3 is 4.90 Å². The number of rotatable bonds is 4. The van der Waals surface area contributed by atoms with Gasteiger partial charge >= 0.3 is 0 Å². The summed E-state index contributed by atoms with van der Waals surface area (Å²) in [6.07, 6.45) is -0.285. The molecule has 1 atom stereocenters. The summed E-state index contributed by atoms with van der Waals surface area (Å²) in [4.78, 5) is 2.39. The number of alkyl halides is 2. The molecule has 96 valence electrons. The lowest BCUT2D eigenvalue weighted by Crippen LogP contribution is -2.42. The van der Waals surface area contributed by atoms with Gasteiger partial charge in [0.05, 0.1) is 0 Å². The van der Waals surface area contributed by atoms with Gasteiger partial charge in [0.25, 0.3) is 0 Å². The summed E-state index contributed by atoms with van der Waals surface area (Å²) >= 11 is 0. The van der Waals surface area contributed by atoms with Crippen LogP contribution in [-0.2, 0) is 0 Å². The molecule has 3 heteroatoms. The Morgan fingerprint density at radius 2 is 1.50 bits per heavy atom. The predicted molar refractivity (Wildman–Crippen MR) is 63.8 cm³/mol. The first kappa shape index (κ1) is 13.9. The molecule has 0 radical (unpaired) electrons. The van der Waals surface area contributed by atoms with Gasteiger partial charge in [-0.3, -0.25) is 0 Å². The first-order valence-corrected chi connectivity index (χ1v) is 6.45. The lowest BCUT2D eigenvalue weighted by Gasteiger charge is -2.39. The van der Waals surface area contributed by atoms with Crippen LogP contribution in [0.25, 0.3) is 0 Å². The van der Waals surface area contributed by atoms with Crippen molar-refractivity contribution in [3.8, 4) is 0 Å². The van der Waals surface area contributed by atoms with Crippen LogP contribution in [0.4, 0.5) is 8.78 Å². The largest absolute Gasteiger partial charge is 0.301 e. The highest BCUT2D eigenvalue weighted by molar-refractivity contribution is 4.81. The third-order valence-corrected chi connectivity index (χ3v) is 3.91. The number of halogens is 2. The van der Waals surface area contributed by atoms with E-state index in [0.717, 1.165) is 25.9 Å². The van der Waals surface area contributed by atoms with Gasteiger partial charge in [-0.2, -0.15) is 0 Å². The quantitative estimate of drug-likeness (QED) is 0.716. The number of nitrogens with zero attached hydrogens (tertiary/aromatic N) is 1. The smallest absolute Gasteiger partial charge is 0.241 e. The van der Waals surface area contributed by atoms with Crippen LogP contribution in [0.15, 0.2) is 0 Å². The Kier molecular flexibility index (Phi) is 5.16. The third-order valence-electron chi connectivity index (χ3n) is 3.91. The predicted octanol–water partition coefficient (Wildman–Crippen LogP) is 3.64. The van der Waals surface area contributed by atoms with Crippen molar-refractivity contribution in [2.75, 3.05) is 13.1 Å². The molecule has 1 fully saturated rings. The van der Waals surface area contributed by atoms with Gasteiger partial charge in [0.15, 0.2) is 0 Å². The zero-order valence-electron chi connectivity index (χ0n) is 10.9. The van der Waals surface area contributed by atoms with Crippen LogP contribution in [-0.4, -0.2) is 30.5 Å². The minimum atomic E-state index is -2.16. The highest BCUT2D eigenvalue weighted by Gasteiger charge is 2.34. The Morgan fingerprint density at radius 3 is 1.81 bits per heavy atom. The van der Waals surface area contributed by atoms with E-state index in [-0.39, 0.29) is 11.8 Å². The van der Waals surface area contributed by atoms with E-state index in [1.165, 1.54) is 0 Å². The Morgan fingerprint density at radius 1 is 1.00 bits per heavy atom. The van der Waals surface area contributed by atoms with Crippen LogP contribution in [0.3, 0.4) is 0 Å². The Balaban J connectivity index is 2.51. The Labute approximate surface area is 98.2 Å². The fourth-order valence-electron chi connectivity index (χ4n) is 2.86. The second-order valence-corrected chi connectivity index (χ2v) is 5.62. The first-order chi connectivity index (χ1) is 7.43. The number of hydrogen-bond donors (Lipinski definition) is 0. The van der Waals surface area contributed by atoms with Gasteiger partial charge in [-0.15, -0.1) is 0 Å². The van der Waals surface area contributed by atoms with Crippen LogP contribution in [0.2, 0.25) is 0 Å². The maximum Gasteiger partial charge on any atom is 0.241 e. The molecule has 1 heterocycles. The molecule has 0 N–H and O–H groups in total. The molecule has 0 spiro atoms. The molecule has 1 saturated heterocycles. The molecular weight excluding hydrogens is 208 g/mol. The van der Waals surface area contributed by atoms with Crippen LogP contribution >= 0.6 is 0 Å². The molecule has 1 nitrogen and oxygen atoms in total. The van der Waals surface area contributed by atoms with Gasteiger partial charge in [-0.25, -0.2) is 8.78 Å². The number of likely N-dealkylation sites (tertiary alicyclic amines) is 1. The van der Waals surface area contributed by atoms with Gasteiger partial charge in [-0.05, 0) is 51.6 Å². The minimum absolute atomic E-state index is 0.0931. The Bertz CT molecular complexity index is 188. The summed E-state index contributed by atoms with van der Waals surface area (Å²) in [6, 6.07) is 0.546. The number of piperidine rings is 1. The molecule has 1 aliphatic rings. The van der Waals surface area contributed by atoms with Crippen molar-refractivity contribution in [2.24, 2.45) is 17.8 Å². The molecule has 0 aromatic carbocycles. The molecular formula is C13H25F2N. The topological polar surface area (TPSA) is 3.24 Å². The van der Waals surface area contributed by atoms with Gasteiger partial charge in [0.2, 0.25) is 6.43 Å².